The van der Waals surface area contributed by atoms with Crippen molar-refractivity contribution in [2.75, 3.05) is 0 Å². The number of benzene rings is 1. The van der Waals surface area contributed by atoms with Crippen molar-refractivity contribution in [3.05, 3.63) is 41.7 Å². The highest BCUT2D eigenvalue weighted by Crippen LogP contribution is 2.31. The maximum absolute atomic E-state index is 5.85. The number of thiophene rings is 1. The van der Waals surface area contributed by atoms with E-state index in [0.29, 0.717) is 0 Å². The van der Waals surface area contributed by atoms with Crippen molar-refractivity contribution < 1.29 is 0 Å². The predicted octanol–water partition coefficient (Wildman–Crippen LogP) is 3.41. The number of halogens is 1. The molecule has 78 valence electrons. The Labute approximate surface area is 101 Å². The van der Waals surface area contributed by atoms with Gasteiger partial charge in [0.2, 0.25) is 0 Å². The molecule has 2 aromatic heterocycles. The normalized spacial score (nSPS) is 10.8. The zero-order valence-corrected chi connectivity index (χ0v) is 9.66. The monoisotopic (exact) mass is 247 g/mol. The molecule has 5 heteroatoms. The van der Waals surface area contributed by atoms with Crippen molar-refractivity contribution in [2.45, 2.75) is 0 Å². The third-order valence-corrected chi connectivity index (χ3v) is 3.55. The lowest BCUT2D eigenvalue weighted by atomic mass is 10.2. The lowest BCUT2D eigenvalue weighted by molar-refractivity contribution is 1.03. The largest absolute Gasteiger partial charge is 0.222 e. The van der Waals surface area contributed by atoms with Crippen LogP contribution < -0.4 is 0 Å². The maximum Gasteiger partial charge on any atom is 0.146 e. The molecule has 0 spiro atoms. The summed E-state index contributed by atoms with van der Waals surface area (Å²) < 4.78 is 0. The zero-order chi connectivity index (χ0) is 11.0. The number of fused-ring (bicyclic) bond motifs is 1. The van der Waals surface area contributed by atoms with Crippen LogP contribution >= 0.6 is 22.9 Å². The Kier molecular flexibility index (Phi) is 2.31. The topological polar surface area (TPSA) is 38.7 Å². The molecule has 0 saturated heterocycles. The van der Waals surface area contributed by atoms with Gasteiger partial charge < -0.3 is 0 Å². The van der Waals surface area contributed by atoms with Gasteiger partial charge in [-0.05, 0) is 23.8 Å². The summed E-state index contributed by atoms with van der Waals surface area (Å²) in [7, 11) is 0. The Hall–Kier alpha value is -1.52. The van der Waals surface area contributed by atoms with E-state index in [-0.39, 0.29) is 0 Å². The molecule has 0 amide bonds. The number of nitrogens with zero attached hydrogens (tertiary/aromatic N) is 3. The van der Waals surface area contributed by atoms with Gasteiger partial charge in [-0.25, -0.2) is 4.98 Å². The van der Waals surface area contributed by atoms with Gasteiger partial charge in [0, 0.05) is 9.90 Å². The van der Waals surface area contributed by atoms with E-state index in [1.54, 1.807) is 11.3 Å². The molecule has 0 aliphatic heterocycles. The van der Waals surface area contributed by atoms with Crippen LogP contribution in [-0.4, -0.2) is 15.2 Å². The van der Waals surface area contributed by atoms with Crippen LogP contribution in [0.4, 0.5) is 0 Å². The van der Waals surface area contributed by atoms with E-state index >= 15 is 0 Å². The molecule has 16 heavy (non-hydrogen) atoms. The molecule has 1 aromatic carbocycles. The molecule has 0 saturated carbocycles. The van der Waals surface area contributed by atoms with Crippen LogP contribution in [-0.2, 0) is 0 Å². The summed E-state index contributed by atoms with van der Waals surface area (Å²) in [6.45, 7) is 0. The highest BCUT2D eigenvalue weighted by atomic mass is 35.5. The van der Waals surface area contributed by atoms with Crippen LogP contribution in [0.5, 0.6) is 0 Å². The average Bonchev–Trinajstić information content (AvgIpc) is 2.73. The van der Waals surface area contributed by atoms with Gasteiger partial charge >= 0.3 is 0 Å². The predicted molar refractivity (Wildman–Crippen MR) is 65.7 cm³/mol. The van der Waals surface area contributed by atoms with Crippen molar-refractivity contribution >= 4 is 33.3 Å². The summed E-state index contributed by atoms with van der Waals surface area (Å²) in [5, 5.41) is 8.51. The lowest BCUT2D eigenvalue weighted by Crippen LogP contribution is -1.79. The lowest BCUT2D eigenvalue weighted by Gasteiger charge is -1.95. The van der Waals surface area contributed by atoms with Crippen LogP contribution in [0.2, 0.25) is 5.02 Å². The molecule has 0 atom stereocenters. The summed E-state index contributed by atoms with van der Waals surface area (Å²) in [5.74, 6) is 0. The first-order valence-electron chi connectivity index (χ1n) is 4.66. The van der Waals surface area contributed by atoms with Gasteiger partial charge in [0.25, 0.3) is 0 Å². The van der Waals surface area contributed by atoms with Crippen LogP contribution in [0.25, 0.3) is 20.8 Å². The molecule has 0 fully saturated rings. The third-order valence-electron chi connectivity index (χ3n) is 2.21. The van der Waals surface area contributed by atoms with E-state index in [1.165, 1.54) is 6.33 Å². The van der Waals surface area contributed by atoms with E-state index in [4.69, 9.17) is 11.6 Å². The van der Waals surface area contributed by atoms with Crippen LogP contribution in [0, 0.1) is 0 Å². The summed E-state index contributed by atoms with van der Waals surface area (Å²) in [4.78, 5) is 6.19. The standard InChI is InChI=1S/C11H6ClN3S/c12-8-3-1-7(2-4-8)10-5-9-11(16-10)13-6-14-15-9/h1-6H. The van der Waals surface area contributed by atoms with E-state index in [0.717, 1.165) is 25.8 Å². The first-order chi connectivity index (χ1) is 7.83. The first-order valence-corrected chi connectivity index (χ1v) is 5.85. The Morgan fingerprint density at radius 1 is 1.12 bits per heavy atom. The van der Waals surface area contributed by atoms with Crippen molar-refractivity contribution in [1.82, 2.24) is 15.2 Å². The summed E-state index contributed by atoms with van der Waals surface area (Å²) in [6, 6.07) is 9.71. The fourth-order valence-electron chi connectivity index (χ4n) is 1.46. The maximum atomic E-state index is 5.85. The van der Waals surface area contributed by atoms with Crippen molar-refractivity contribution in [3.8, 4) is 10.4 Å². The number of hydrogen-bond donors (Lipinski definition) is 0. The molecule has 0 bridgehead atoms. The SMILES string of the molecule is Clc1ccc(-c2cc3nncnc3s2)cc1. The molecular formula is C11H6ClN3S. The molecule has 0 N–H and O–H groups in total. The Morgan fingerprint density at radius 3 is 2.69 bits per heavy atom. The Bertz CT molecular complexity index is 600. The average molecular weight is 248 g/mol. The minimum absolute atomic E-state index is 0.739. The van der Waals surface area contributed by atoms with Gasteiger partial charge in [-0.1, -0.05) is 23.7 Å². The molecule has 0 aliphatic rings. The molecular weight excluding hydrogens is 242 g/mol. The fourth-order valence-corrected chi connectivity index (χ4v) is 2.52. The summed E-state index contributed by atoms with van der Waals surface area (Å²) >= 11 is 7.45. The van der Waals surface area contributed by atoms with Gasteiger partial charge in [0.05, 0.1) is 0 Å². The van der Waals surface area contributed by atoms with Crippen molar-refractivity contribution in [3.63, 3.8) is 0 Å². The number of rotatable bonds is 1. The minimum Gasteiger partial charge on any atom is -0.222 e. The van der Waals surface area contributed by atoms with Gasteiger partial charge in [0.15, 0.2) is 0 Å². The molecule has 2 heterocycles. The highest BCUT2D eigenvalue weighted by molar-refractivity contribution is 7.21. The second-order valence-corrected chi connectivity index (χ2v) is 4.74. The second-order valence-electron chi connectivity index (χ2n) is 3.27. The quantitative estimate of drug-likeness (QED) is 0.662. The molecule has 0 unspecified atom stereocenters. The van der Waals surface area contributed by atoms with Crippen molar-refractivity contribution in [1.29, 1.82) is 0 Å². The number of aromatic nitrogens is 3. The molecule has 3 aromatic rings. The Balaban J connectivity index is 2.15. The van der Waals surface area contributed by atoms with E-state index in [1.807, 2.05) is 30.3 Å². The second kappa shape index (κ2) is 3.81. The first kappa shape index (κ1) is 9.69. The summed E-state index contributed by atoms with van der Waals surface area (Å²) in [5.41, 5.74) is 1.95. The third kappa shape index (κ3) is 1.66. The minimum atomic E-state index is 0.739. The van der Waals surface area contributed by atoms with Gasteiger partial charge in [-0.3, -0.25) is 0 Å². The van der Waals surface area contributed by atoms with E-state index in [9.17, 15) is 0 Å². The van der Waals surface area contributed by atoms with Gasteiger partial charge in [-0.15, -0.1) is 21.5 Å². The van der Waals surface area contributed by atoms with Gasteiger partial charge in [0.1, 0.15) is 16.7 Å². The summed E-state index contributed by atoms with van der Waals surface area (Å²) in [6.07, 6.45) is 1.46. The fraction of sp³-hybridized carbons (Fsp3) is 0. The van der Waals surface area contributed by atoms with Crippen LogP contribution in [0.1, 0.15) is 0 Å². The van der Waals surface area contributed by atoms with Gasteiger partial charge in [-0.2, -0.15) is 0 Å². The smallest absolute Gasteiger partial charge is 0.146 e. The van der Waals surface area contributed by atoms with E-state index in [2.05, 4.69) is 15.2 Å². The van der Waals surface area contributed by atoms with Crippen molar-refractivity contribution in [2.24, 2.45) is 0 Å². The highest BCUT2D eigenvalue weighted by Gasteiger charge is 2.05. The zero-order valence-electron chi connectivity index (χ0n) is 8.09. The molecule has 3 rings (SSSR count). The Morgan fingerprint density at radius 2 is 1.94 bits per heavy atom. The van der Waals surface area contributed by atoms with Crippen LogP contribution in [0.3, 0.4) is 0 Å². The van der Waals surface area contributed by atoms with E-state index < -0.39 is 0 Å². The van der Waals surface area contributed by atoms with Crippen LogP contribution in [0.15, 0.2) is 36.7 Å². The number of hydrogen-bond acceptors (Lipinski definition) is 4. The molecule has 3 nitrogen and oxygen atoms in total. The molecule has 0 aliphatic carbocycles. The molecule has 0 radical (unpaired) electrons.